The van der Waals surface area contributed by atoms with Gasteiger partial charge in [0, 0.05) is 17.7 Å². The van der Waals surface area contributed by atoms with Crippen LogP contribution in [0.2, 0.25) is 0 Å². The predicted molar refractivity (Wildman–Crippen MR) is 59.7 cm³/mol. The van der Waals surface area contributed by atoms with Crippen LogP contribution in [0.4, 0.5) is 0 Å². The molecule has 2 heterocycles. The van der Waals surface area contributed by atoms with Gasteiger partial charge in [0.25, 0.3) is 0 Å². The van der Waals surface area contributed by atoms with Gasteiger partial charge in [-0.3, -0.25) is 0 Å². The molecule has 3 rings (SSSR count). The molecule has 0 aliphatic carbocycles. The van der Waals surface area contributed by atoms with E-state index in [1.165, 1.54) is 0 Å². The van der Waals surface area contributed by atoms with E-state index >= 15 is 0 Å². The molecule has 0 fully saturated rings. The first-order chi connectivity index (χ1) is 8.33. The number of fused-ring (bicyclic) bond motifs is 1. The summed E-state index contributed by atoms with van der Waals surface area (Å²) in [4.78, 5) is 0. The Morgan fingerprint density at radius 1 is 1.41 bits per heavy atom. The van der Waals surface area contributed by atoms with Crippen molar-refractivity contribution in [2.24, 2.45) is 5.73 Å². The Kier molecular flexibility index (Phi) is 2.45. The Balaban J connectivity index is 1.72. The zero-order chi connectivity index (χ0) is 11.7. The number of nitrogens with two attached hydrogens (primary N) is 1. The molecule has 1 aromatic heterocycles. The lowest BCUT2D eigenvalue weighted by Crippen LogP contribution is -2.10. The number of benzene rings is 1. The first-order valence-corrected chi connectivity index (χ1v) is 5.37. The predicted octanol–water partition coefficient (Wildman–Crippen LogP) is 1.65. The third kappa shape index (κ3) is 1.97. The quantitative estimate of drug-likeness (QED) is 0.871. The minimum atomic E-state index is -0.0340. The first kappa shape index (κ1) is 10.2. The fourth-order valence-electron chi connectivity index (χ4n) is 1.78. The Bertz CT molecular complexity index is 510. The van der Waals surface area contributed by atoms with Crippen LogP contribution in [0.1, 0.15) is 17.4 Å². The largest absolute Gasteiger partial charge is 0.491 e. The smallest absolute Gasteiger partial charge is 0.174 e. The molecule has 1 aromatic carbocycles. The zero-order valence-electron chi connectivity index (χ0n) is 9.13. The van der Waals surface area contributed by atoms with E-state index in [0.717, 1.165) is 17.1 Å². The van der Waals surface area contributed by atoms with Crippen molar-refractivity contribution in [2.75, 3.05) is 6.61 Å². The van der Waals surface area contributed by atoms with E-state index in [2.05, 4.69) is 5.16 Å². The molecule has 88 valence electrons. The van der Waals surface area contributed by atoms with Gasteiger partial charge in [0.2, 0.25) is 0 Å². The average Bonchev–Trinajstić information content (AvgIpc) is 2.97. The lowest BCUT2D eigenvalue weighted by atomic mass is 10.1. The third-order valence-corrected chi connectivity index (χ3v) is 2.68. The van der Waals surface area contributed by atoms with Gasteiger partial charge in [-0.05, 0) is 12.1 Å². The minimum Gasteiger partial charge on any atom is -0.491 e. The Morgan fingerprint density at radius 3 is 3.18 bits per heavy atom. The number of rotatable bonds is 3. The molecule has 17 heavy (non-hydrogen) atoms. The fourth-order valence-corrected chi connectivity index (χ4v) is 1.78. The second-order valence-electron chi connectivity index (χ2n) is 3.88. The highest BCUT2D eigenvalue weighted by atomic mass is 16.5. The molecule has 1 atom stereocenters. The summed E-state index contributed by atoms with van der Waals surface area (Å²) in [5.74, 6) is 2.21. The Labute approximate surface area is 98.1 Å². The lowest BCUT2D eigenvalue weighted by molar-refractivity contribution is 0.248. The molecule has 2 aromatic rings. The van der Waals surface area contributed by atoms with Crippen LogP contribution in [0.15, 0.2) is 35.0 Å². The van der Waals surface area contributed by atoms with Gasteiger partial charge in [0.1, 0.15) is 24.7 Å². The number of nitrogens with zero attached hydrogens (tertiary/aromatic N) is 1. The van der Waals surface area contributed by atoms with Crippen molar-refractivity contribution in [1.82, 2.24) is 5.16 Å². The van der Waals surface area contributed by atoms with Crippen LogP contribution in [0.25, 0.3) is 0 Å². The van der Waals surface area contributed by atoms with E-state index in [9.17, 15) is 0 Å². The zero-order valence-corrected chi connectivity index (χ0v) is 9.13. The third-order valence-electron chi connectivity index (χ3n) is 2.68. The Hall–Kier alpha value is -2.01. The van der Waals surface area contributed by atoms with Crippen molar-refractivity contribution in [3.05, 3.63) is 41.8 Å². The molecule has 5 heteroatoms. The van der Waals surface area contributed by atoms with E-state index in [4.69, 9.17) is 19.7 Å². The summed E-state index contributed by atoms with van der Waals surface area (Å²) in [6.45, 7) is 0.881. The summed E-state index contributed by atoms with van der Waals surface area (Å²) in [5.41, 5.74) is 6.88. The number of aromatic nitrogens is 1. The van der Waals surface area contributed by atoms with Gasteiger partial charge < -0.3 is 19.7 Å². The highest BCUT2D eigenvalue weighted by molar-refractivity contribution is 5.44. The van der Waals surface area contributed by atoms with Crippen LogP contribution < -0.4 is 15.2 Å². The maximum Gasteiger partial charge on any atom is 0.174 e. The second-order valence-corrected chi connectivity index (χ2v) is 3.88. The molecule has 5 nitrogen and oxygen atoms in total. The number of hydrogen-bond donors (Lipinski definition) is 1. The minimum absolute atomic E-state index is 0.0340. The summed E-state index contributed by atoms with van der Waals surface area (Å²) < 4.78 is 15.9. The summed E-state index contributed by atoms with van der Waals surface area (Å²) >= 11 is 0. The molecule has 0 bridgehead atoms. The molecule has 0 saturated heterocycles. The summed E-state index contributed by atoms with van der Waals surface area (Å²) in [7, 11) is 0. The van der Waals surface area contributed by atoms with E-state index in [1.807, 2.05) is 18.2 Å². The molecule has 2 N–H and O–H groups in total. The highest BCUT2D eigenvalue weighted by Crippen LogP contribution is 2.34. The van der Waals surface area contributed by atoms with Crippen LogP contribution >= 0.6 is 0 Å². The van der Waals surface area contributed by atoms with Crippen molar-refractivity contribution in [3.63, 3.8) is 0 Å². The molecule has 0 amide bonds. The van der Waals surface area contributed by atoms with Gasteiger partial charge in [-0.2, -0.15) is 0 Å². The van der Waals surface area contributed by atoms with Crippen molar-refractivity contribution in [3.8, 4) is 11.5 Å². The summed E-state index contributed by atoms with van der Waals surface area (Å²) in [6.07, 6.45) is 1.59. The van der Waals surface area contributed by atoms with Gasteiger partial charge >= 0.3 is 0 Å². The lowest BCUT2D eigenvalue weighted by Gasteiger charge is -2.06. The molecule has 1 unspecified atom stereocenters. The van der Waals surface area contributed by atoms with E-state index in [-0.39, 0.29) is 6.04 Å². The van der Waals surface area contributed by atoms with E-state index in [1.54, 1.807) is 12.3 Å². The van der Waals surface area contributed by atoms with Crippen LogP contribution in [0.3, 0.4) is 0 Å². The van der Waals surface area contributed by atoms with Crippen LogP contribution in [0.5, 0.6) is 11.5 Å². The average molecular weight is 232 g/mol. The van der Waals surface area contributed by atoms with E-state index in [0.29, 0.717) is 19.0 Å². The molecular formula is C12H12N2O3. The molecule has 1 aliphatic rings. The van der Waals surface area contributed by atoms with Gasteiger partial charge in [0.15, 0.2) is 5.76 Å². The van der Waals surface area contributed by atoms with Crippen LogP contribution in [-0.4, -0.2) is 11.8 Å². The van der Waals surface area contributed by atoms with Crippen molar-refractivity contribution >= 4 is 0 Å². The SMILES string of the molecule is NC1COc2cc(OCc3ccno3)ccc21. The number of hydrogen-bond acceptors (Lipinski definition) is 5. The Morgan fingerprint density at radius 2 is 2.35 bits per heavy atom. The molecular weight excluding hydrogens is 220 g/mol. The standard InChI is InChI=1S/C12H12N2O3/c13-11-7-16-12-5-8(1-2-10(11)12)15-6-9-3-4-14-17-9/h1-5,11H,6-7,13H2. The van der Waals surface area contributed by atoms with Gasteiger partial charge in [-0.25, -0.2) is 0 Å². The van der Waals surface area contributed by atoms with Gasteiger partial charge in [-0.1, -0.05) is 5.16 Å². The topological polar surface area (TPSA) is 70.5 Å². The highest BCUT2D eigenvalue weighted by Gasteiger charge is 2.20. The first-order valence-electron chi connectivity index (χ1n) is 5.37. The number of ether oxygens (including phenoxy) is 2. The van der Waals surface area contributed by atoms with Crippen molar-refractivity contribution in [2.45, 2.75) is 12.6 Å². The van der Waals surface area contributed by atoms with Gasteiger partial charge in [-0.15, -0.1) is 0 Å². The van der Waals surface area contributed by atoms with E-state index < -0.39 is 0 Å². The second kappa shape index (κ2) is 4.10. The van der Waals surface area contributed by atoms with Crippen molar-refractivity contribution in [1.29, 1.82) is 0 Å². The molecule has 0 spiro atoms. The summed E-state index contributed by atoms with van der Waals surface area (Å²) in [6, 6.07) is 7.39. The molecule has 0 saturated carbocycles. The maximum absolute atomic E-state index is 5.86. The fraction of sp³-hybridized carbons (Fsp3) is 0.250. The molecule has 0 radical (unpaired) electrons. The van der Waals surface area contributed by atoms with Crippen molar-refractivity contribution < 1.29 is 14.0 Å². The van der Waals surface area contributed by atoms with Gasteiger partial charge in [0.05, 0.1) is 12.2 Å². The normalized spacial score (nSPS) is 17.6. The summed E-state index contributed by atoms with van der Waals surface area (Å²) in [5, 5.41) is 3.61. The maximum atomic E-state index is 5.86. The monoisotopic (exact) mass is 232 g/mol. The molecule has 1 aliphatic heterocycles. The van der Waals surface area contributed by atoms with Crippen LogP contribution in [0, 0.1) is 0 Å². The van der Waals surface area contributed by atoms with Crippen LogP contribution in [-0.2, 0) is 6.61 Å².